The van der Waals surface area contributed by atoms with E-state index in [1.807, 2.05) is 0 Å². The largest absolute Gasteiger partial charge is 0.122 e. The van der Waals surface area contributed by atoms with Crippen molar-refractivity contribution in [2.24, 2.45) is 10.8 Å². The van der Waals surface area contributed by atoms with Gasteiger partial charge in [-0.1, -0.05) is 0 Å². The van der Waals surface area contributed by atoms with E-state index in [1.54, 1.807) is 0 Å². The molecule has 3 rings (SSSR count). The van der Waals surface area contributed by atoms with Crippen LogP contribution in [0.5, 0.6) is 0 Å². The Labute approximate surface area is 60.6 Å². The van der Waals surface area contributed by atoms with Gasteiger partial charge >= 0.3 is 0 Å². The zero-order chi connectivity index (χ0) is 6.11. The molecule has 0 unspecified atom stereocenters. The molecule has 0 atom stereocenters. The first-order valence-corrected chi connectivity index (χ1v) is 4.35. The number of rotatable bonds is 0. The van der Waals surface area contributed by atoms with Crippen LogP contribution in [0.2, 0.25) is 0 Å². The van der Waals surface area contributed by atoms with Crippen molar-refractivity contribution in [2.45, 2.75) is 37.5 Å². The van der Waals surface area contributed by atoms with E-state index in [2.05, 4.69) is 0 Å². The Kier molecular flexibility index (Phi) is 0.596. The average molecular weight is 143 g/mol. The summed E-state index contributed by atoms with van der Waals surface area (Å²) in [7, 11) is 0. The van der Waals surface area contributed by atoms with Crippen LogP contribution in [0.4, 0.5) is 0 Å². The van der Waals surface area contributed by atoms with Gasteiger partial charge in [-0.25, -0.2) is 0 Å². The Balaban J connectivity index is 1.89. The predicted molar refractivity (Wildman–Crippen MR) is 37.6 cm³/mol. The summed E-state index contributed by atoms with van der Waals surface area (Å²) >= 11 is 6.26. The molecular weight excluding hydrogens is 132 g/mol. The minimum Gasteiger partial charge on any atom is -0.122 e. The highest BCUT2D eigenvalue weighted by atomic mass is 35.5. The molecule has 0 aromatic heterocycles. The molecule has 50 valence electrons. The van der Waals surface area contributed by atoms with Crippen LogP contribution in [0.15, 0.2) is 0 Å². The highest BCUT2D eigenvalue weighted by Crippen LogP contribution is 2.78. The molecule has 0 radical (unpaired) electrons. The summed E-state index contributed by atoms with van der Waals surface area (Å²) in [4.78, 5) is 0. The minimum absolute atomic E-state index is 0.588. The fourth-order valence-electron chi connectivity index (χ4n) is 2.58. The van der Waals surface area contributed by atoms with Gasteiger partial charge in [-0.15, -0.1) is 11.6 Å². The standard InChI is InChI=1S/C8H11Cl/c9-6-7(1-2-7)5-8(6)3-4-8/h6H,1-5H2. The first-order chi connectivity index (χ1) is 4.28. The normalized spacial score (nSPS) is 41.0. The van der Waals surface area contributed by atoms with Crippen molar-refractivity contribution >= 4 is 11.6 Å². The quantitative estimate of drug-likeness (QED) is 0.456. The lowest BCUT2D eigenvalue weighted by atomic mass is 9.68. The second kappa shape index (κ2) is 1.07. The van der Waals surface area contributed by atoms with Crippen LogP contribution in [0.3, 0.4) is 0 Å². The maximum atomic E-state index is 6.26. The van der Waals surface area contributed by atoms with Gasteiger partial charge < -0.3 is 0 Å². The van der Waals surface area contributed by atoms with Crippen LogP contribution < -0.4 is 0 Å². The molecule has 0 bridgehead atoms. The maximum absolute atomic E-state index is 6.26. The zero-order valence-electron chi connectivity index (χ0n) is 5.49. The summed E-state index contributed by atoms with van der Waals surface area (Å²) in [5.41, 5.74) is 1.39. The summed E-state index contributed by atoms with van der Waals surface area (Å²) < 4.78 is 0. The van der Waals surface area contributed by atoms with Gasteiger partial charge in [-0.05, 0) is 42.9 Å². The van der Waals surface area contributed by atoms with Crippen molar-refractivity contribution in [3.8, 4) is 0 Å². The van der Waals surface area contributed by atoms with Gasteiger partial charge in [0.25, 0.3) is 0 Å². The van der Waals surface area contributed by atoms with Crippen molar-refractivity contribution in [1.82, 2.24) is 0 Å². The Hall–Kier alpha value is 0.290. The molecule has 0 amide bonds. The molecule has 0 saturated heterocycles. The Morgan fingerprint density at radius 1 is 1.00 bits per heavy atom. The maximum Gasteiger partial charge on any atom is 0.0449 e. The third kappa shape index (κ3) is 0.410. The van der Waals surface area contributed by atoms with E-state index in [9.17, 15) is 0 Å². The van der Waals surface area contributed by atoms with E-state index in [4.69, 9.17) is 11.6 Å². The number of alkyl halides is 1. The Morgan fingerprint density at radius 3 is 1.67 bits per heavy atom. The Morgan fingerprint density at radius 2 is 1.44 bits per heavy atom. The second-order valence-corrected chi connectivity index (χ2v) is 4.70. The van der Waals surface area contributed by atoms with Crippen LogP contribution >= 0.6 is 11.6 Å². The van der Waals surface area contributed by atoms with Crippen LogP contribution in [0.1, 0.15) is 32.1 Å². The fraction of sp³-hybridized carbons (Fsp3) is 1.00. The van der Waals surface area contributed by atoms with E-state index in [1.165, 1.54) is 32.1 Å². The van der Waals surface area contributed by atoms with Crippen LogP contribution in [0.25, 0.3) is 0 Å². The highest BCUT2D eigenvalue weighted by Gasteiger charge is 2.72. The second-order valence-electron chi connectivity index (χ2n) is 4.26. The average Bonchev–Trinajstić information content (AvgIpc) is 2.64. The summed E-state index contributed by atoms with van der Waals surface area (Å²) in [5, 5.41) is 0.588. The van der Waals surface area contributed by atoms with Gasteiger partial charge in [-0.3, -0.25) is 0 Å². The third-order valence-electron chi connectivity index (χ3n) is 3.56. The van der Waals surface area contributed by atoms with E-state index in [0.717, 1.165) is 0 Å². The molecule has 0 aromatic carbocycles. The molecule has 0 N–H and O–H groups in total. The van der Waals surface area contributed by atoms with Crippen LogP contribution in [-0.4, -0.2) is 5.38 Å². The van der Waals surface area contributed by atoms with E-state index >= 15 is 0 Å². The van der Waals surface area contributed by atoms with Crippen LogP contribution in [0, 0.1) is 10.8 Å². The lowest BCUT2D eigenvalue weighted by Crippen LogP contribution is -2.41. The first-order valence-electron chi connectivity index (χ1n) is 3.92. The van der Waals surface area contributed by atoms with Crippen molar-refractivity contribution in [3.05, 3.63) is 0 Å². The highest BCUT2D eigenvalue weighted by molar-refractivity contribution is 6.22. The van der Waals surface area contributed by atoms with Crippen molar-refractivity contribution in [1.29, 1.82) is 0 Å². The summed E-state index contributed by atoms with van der Waals surface area (Å²) in [6, 6.07) is 0. The number of hydrogen-bond donors (Lipinski definition) is 0. The van der Waals surface area contributed by atoms with Gasteiger partial charge in [-0.2, -0.15) is 0 Å². The van der Waals surface area contributed by atoms with Gasteiger partial charge in [0.15, 0.2) is 0 Å². The summed E-state index contributed by atoms with van der Waals surface area (Å²) in [6.45, 7) is 0. The monoisotopic (exact) mass is 142 g/mol. The van der Waals surface area contributed by atoms with Gasteiger partial charge in [0.2, 0.25) is 0 Å². The predicted octanol–water partition coefficient (Wildman–Crippen LogP) is 2.56. The number of hydrogen-bond acceptors (Lipinski definition) is 0. The van der Waals surface area contributed by atoms with Gasteiger partial charge in [0.05, 0.1) is 0 Å². The molecule has 0 aromatic rings. The summed E-state index contributed by atoms with van der Waals surface area (Å²) in [6.07, 6.45) is 7.21. The molecule has 3 aliphatic carbocycles. The van der Waals surface area contributed by atoms with Crippen LogP contribution in [-0.2, 0) is 0 Å². The minimum atomic E-state index is 0.588. The van der Waals surface area contributed by atoms with Crippen molar-refractivity contribution in [3.63, 3.8) is 0 Å². The topological polar surface area (TPSA) is 0 Å². The lowest BCUT2D eigenvalue weighted by Gasteiger charge is -2.42. The van der Waals surface area contributed by atoms with Crippen molar-refractivity contribution < 1.29 is 0 Å². The third-order valence-corrected chi connectivity index (χ3v) is 4.49. The molecule has 1 heteroatoms. The molecule has 0 nitrogen and oxygen atoms in total. The van der Waals surface area contributed by atoms with Gasteiger partial charge in [0.1, 0.15) is 0 Å². The van der Waals surface area contributed by atoms with E-state index in [0.29, 0.717) is 16.2 Å². The number of halogens is 1. The molecule has 0 aliphatic heterocycles. The van der Waals surface area contributed by atoms with Gasteiger partial charge in [0, 0.05) is 5.38 Å². The molecule has 3 saturated carbocycles. The molecule has 0 heterocycles. The smallest absolute Gasteiger partial charge is 0.0449 e. The molecule has 3 aliphatic rings. The first kappa shape index (κ1) is 5.01. The van der Waals surface area contributed by atoms with E-state index < -0.39 is 0 Å². The summed E-state index contributed by atoms with van der Waals surface area (Å²) in [5.74, 6) is 0. The Bertz CT molecular complexity index is 147. The fourth-order valence-corrected chi connectivity index (χ4v) is 3.17. The van der Waals surface area contributed by atoms with E-state index in [-0.39, 0.29) is 0 Å². The van der Waals surface area contributed by atoms with Crippen molar-refractivity contribution in [2.75, 3.05) is 0 Å². The molecule has 2 spiro atoms. The zero-order valence-corrected chi connectivity index (χ0v) is 6.25. The molecule has 3 fully saturated rings. The molecular formula is C8H11Cl. The lowest BCUT2D eigenvalue weighted by molar-refractivity contribution is 0.154. The SMILES string of the molecule is ClC1C2(CC2)CC12CC2. The molecule has 9 heavy (non-hydrogen) atoms.